The van der Waals surface area contributed by atoms with Crippen molar-refractivity contribution in [3.8, 4) is 11.5 Å². The molecular weight excluding hydrogens is 232 g/mol. The molecule has 3 nitrogen and oxygen atoms in total. The Bertz CT molecular complexity index is 511. The van der Waals surface area contributed by atoms with Gasteiger partial charge in [0.15, 0.2) is 5.75 Å². The lowest BCUT2D eigenvalue weighted by molar-refractivity contribution is 0.485. The van der Waals surface area contributed by atoms with Gasteiger partial charge in [0.25, 0.3) is 0 Å². The summed E-state index contributed by atoms with van der Waals surface area (Å²) in [7, 11) is 0. The van der Waals surface area contributed by atoms with Crippen LogP contribution in [-0.2, 0) is 5.75 Å². The Morgan fingerprint density at radius 2 is 1.71 bits per heavy atom. The van der Waals surface area contributed by atoms with Crippen molar-refractivity contribution in [3.05, 3.63) is 48.0 Å². The van der Waals surface area contributed by atoms with E-state index >= 15 is 0 Å². The normalized spacial score (nSPS) is 10.2. The third-order valence-corrected chi connectivity index (χ3v) is 2.80. The Morgan fingerprint density at radius 1 is 1.00 bits per heavy atom. The van der Waals surface area contributed by atoms with Crippen LogP contribution in [0.2, 0.25) is 0 Å². The van der Waals surface area contributed by atoms with Crippen molar-refractivity contribution in [3.63, 3.8) is 0 Å². The Hall–Kier alpha value is -1.81. The number of nitrogen functional groups attached to an aromatic ring is 2. The van der Waals surface area contributed by atoms with Crippen LogP contribution < -0.4 is 16.2 Å². The van der Waals surface area contributed by atoms with E-state index in [9.17, 15) is 0 Å². The van der Waals surface area contributed by atoms with Gasteiger partial charge < -0.3 is 16.2 Å². The van der Waals surface area contributed by atoms with E-state index in [-0.39, 0.29) is 0 Å². The molecule has 2 rings (SSSR count). The van der Waals surface area contributed by atoms with Crippen LogP contribution in [0.1, 0.15) is 5.56 Å². The summed E-state index contributed by atoms with van der Waals surface area (Å²) in [6, 6.07) is 13.0. The highest BCUT2D eigenvalue weighted by Crippen LogP contribution is 2.31. The first-order valence-electron chi connectivity index (χ1n) is 5.22. The van der Waals surface area contributed by atoms with Gasteiger partial charge in [-0.1, -0.05) is 18.2 Å². The second-order valence-corrected chi connectivity index (χ2v) is 3.98. The molecule has 0 fully saturated rings. The topological polar surface area (TPSA) is 61.3 Å². The molecular formula is C13H14N2OS. The van der Waals surface area contributed by atoms with E-state index in [1.165, 1.54) is 0 Å². The zero-order valence-corrected chi connectivity index (χ0v) is 10.2. The fourth-order valence-corrected chi connectivity index (χ4v) is 1.65. The summed E-state index contributed by atoms with van der Waals surface area (Å²) in [5.41, 5.74) is 13.7. The lowest BCUT2D eigenvalue weighted by Gasteiger charge is -2.10. The zero-order chi connectivity index (χ0) is 12.3. The van der Waals surface area contributed by atoms with Crippen molar-refractivity contribution in [1.29, 1.82) is 0 Å². The second-order valence-electron chi connectivity index (χ2n) is 3.66. The van der Waals surface area contributed by atoms with Crippen molar-refractivity contribution in [2.75, 3.05) is 11.5 Å². The average Bonchev–Trinajstić information content (AvgIpc) is 2.36. The summed E-state index contributed by atoms with van der Waals surface area (Å²) in [4.78, 5) is 0. The standard InChI is InChI=1S/C13H14N2OS/c14-11-2-1-3-12(13(11)15)16-10-6-4-9(8-17)5-7-10/h1-7,17H,8,14-15H2. The summed E-state index contributed by atoms with van der Waals surface area (Å²) < 4.78 is 5.66. The summed E-state index contributed by atoms with van der Waals surface area (Å²) >= 11 is 4.20. The number of rotatable bonds is 3. The molecule has 4 N–H and O–H groups in total. The molecule has 0 aromatic heterocycles. The Kier molecular flexibility index (Phi) is 3.44. The number of anilines is 2. The van der Waals surface area contributed by atoms with Gasteiger partial charge in [-0.05, 0) is 29.8 Å². The monoisotopic (exact) mass is 246 g/mol. The minimum absolute atomic E-state index is 0.464. The summed E-state index contributed by atoms with van der Waals surface area (Å²) in [6.07, 6.45) is 0. The quantitative estimate of drug-likeness (QED) is 0.576. The molecule has 0 amide bonds. The minimum Gasteiger partial charge on any atom is -0.455 e. The average molecular weight is 246 g/mol. The van der Waals surface area contributed by atoms with Crippen molar-refractivity contribution < 1.29 is 4.74 Å². The van der Waals surface area contributed by atoms with Crippen molar-refractivity contribution in [2.45, 2.75) is 5.75 Å². The van der Waals surface area contributed by atoms with Gasteiger partial charge in [-0.3, -0.25) is 0 Å². The van der Waals surface area contributed by atoms with E-state index < -0.39 is 0 Å². The molecule has 2 aromatic rings. The maximum Gasteiger partial charge on any atom is 0.152 e. The summed E-state index contributed by atoms with van der Waals surface area (Å²) in [6.45, 7) is 0. The summed E-state index contributed by atoms with van der Waals surface area (Å²) in [5.74, 6) is 2.01. The number of hydrogen-bond acceptors (Lipinski definition) is 4. The minimum atomic E-state index is 0.464. The number of ether oxygens (including phenoxy) is 1. The first kappa shape index (κ1) is 11.7. The van der Waals surface area contributed by atoms with Crippen LogP contribution in [0.3, 0.4) is 0 Å². The first-order chi connectivity index (χ1) is 8.20. The van der Waals surface area contributed by atoms with E-state index in [2.05, 4.69) is 12.6 Å². The highest BCUT2D eigenvalue weighted by molar-refractivity contribution is 7.79. The van der Waals surface area contributed by atoms with E-state index in [0.717, 1.165) is 11.3 Å². The predicted octanol–water partition coefficient (Wildman–Crippen LogP) is 3.07. The maximum absolute atomic E-state index is 5.82. The van der Waals surface area contributed by atoms with Gasteiger partial charge in [0, 0.05) is 5.75 Å². The molecule has 0 bridgehead atoms. The first-order valence-corrected chi connectivity index (χ1v) is 5.85. The van der Waals surface area contributed by atoms with Gasteiger partial charge in [0.1, 0.15) is 5.75 Å². The highest BCUT2D eigenvalue weighted by Gasteiger charge is 2.04. The molecule has 88 valence electrons. The molecule has 0 atom stereocenters. The van der Waals surface area contributed by atoms with Crippen molar-refractivity contribution in [2.24, 2.45) is 0 Å². The van der Waals surface area contributed by atoms with Crippen LogP contribution in [0, 0.1) is 0 Å². The molecule has 0 radical (unpaired) electrons. The third kappa shape index (κ3) is 2.65. The van der Waals surface area contributed by atoms with Crippen LogP contribution >= 0.6 is 12.6 Å². The molecule has 0 saturated carbocycles. The summed E-state index contributed by atoms with van der Waals surface area (Å²) in [5, 5.41) is 0. The molecule has 2 aromatic carbocycles. The lowest BCUT2D eigenvalue weighted by Crippen LogP contribution is -1.97. The molecule has 0 spiro atoms. The Labute approximate surface area is 106 Å². The number of thiol groups is 1. The smallest absolute Gasteiger partial charge is 0.152 e. The van der Waals surface area contributed by atoms with E-state index in [1.54, 1.807) is 12.1 Å². The fourth-order valence-electron chi connectivity index (χ4n) is 1.44. The molecule has 0 saturated heterocycles. The van der Waals surface area contributed by atoms with Gasteiger partial charge in [0.05, 0.1) is 11.4 Å². The number of benzene rings is 2. The van der Waals surface area contributed by atoms with E-state index in [0.29, 0.717) is 22.9 Å². The van der Waals surface area contributed by atoms with Crippen LogP contribution in [0.4, 0.5) is 11.4 Å². The van der Waals surface area contributed by atoms with E-state index in [1.807, 2.05) is 30.3 Å². The molecule has 4 heteroatoms. The van der Waals surface area contributed by atoms with Gasteiger partial charge in [-0.25, -0.2) is 0 Å². The van der Waals surface area contributed by atoms with Crippen LogP contribution in [0.15, 0.2) is 42.5 Å². The molecule has 0 aliphatic rings. The van der Waals surface area contributed by atoms with Crippen molar-refractivity contribution >= 4 is 24.0 Å². The number of nitrogens with two attached hydrogens (primary N) is 2. The largest absolute Gasteiger partial charge is 0.455 e. The van der Waals surface area contributed by atoms with Gasteiger partial charge in [-0.15, -0.1) is 0 Å². The highest BCUT2D eigenvalue weighted by atomic mass is 32.1. The van der Waals surface area contributed by atoms with E-state index in [4.69, 9.17) is 16.2 Å². The molecule has 0 aliphatic carbocycles. The molecule has 17 heavy (non-hydrogen) atoms. The Morgan fingerprint density at radius 3 is 2.35 bits per heavy atom. The zero-order valence-electron chi connectivity index (χ0n) is 9.26. The SMILES string of the molecule is Nc1cccc(Oc2ccc(CS)cc2)c1N. The molecule has 0 unspecified atom stereocenters. The number of hydrogen-bond donors (Lipinski definition) is 3. The van der Waals surface area contributed by atoms with Crippen LogP contribution in [-0.4, -0.2) is 0 Å². The third-order valence-electron chi connectivity index (χ3n) is 2.43. The predicted molar refractivity (Wildman–Crippen MR) is 74.5 cm³/mol. The maximum atomic E-state index is 5.82. The second kappa shape index (κ2) is 5.01. The molecule has 0 aliphatic heterocycles. The van der Waals surface area contributed by atoms with Crippen LogP contribution in [0.5, 0.6) is 11.5 Å². The molecule has 0 heterocycles. The van der Waals surface area contributed by atoms with Gasteiger partial charge in [0.2, 0.25) is 0 Å². The van der Waals surface area contributed by atoms with Gasteiger partial charge >= 0.3 is 0 Å². The Balaban J connectivity index is 2.22. The van der Waals surface area contributed by atoms with Gasteiger partial charge in [-0.2, -0.15) is 12.6 Å². The lowest BCUT2D eigenvalue weighted by atomic mass is 10.2. The fraction of sp³-hybridized carbons (Fsp3) is 0.0769. The van der Waals surface area contributed by atoms with Crippen LogP contribution in [0.25, 0.3) is 0 Å². The number of para-hydroxylation sites is 1. The van der Waals surface area contributed by atoms with Crippen molar-refractivity contribution in [1.82, 2.24) is 0 Å².